The Labute approximate surface area is 130 Å². The summed E-state index contributed by atoms with van der Waals surface area (Å²) in [5.74, 6) is 0.149. The molecule has 1 amide bonds. The van der Waals surface area contributed by atoms with E-state index in [1.54, 1.807) is 11.1 Å². The lowest BCUT2D eigenvalue weighted by molar-refractivity contribution is 0.0790. The third-order valence-electron chi connectivity index (χ3n) is 3.82. The van der Waals surface area contributed by atoms with Crippen molar-refractivity contribution < 1.29 is 4.79 Å². The van der Waals surface area contributed by atoms with E-state index in [1.807, 2.05) is 12.1 Å². The fourth-order valence-electron chi connectivity index (χ4n) is 2.69. The van der Waals surface area contributed by atoms with Crippen LogP contribution in [-0.4, -0.2) is 44.9 Å². The number of aromatic nitrogens is 3. The molecule has 3 heterocycles. The van der Waals surface area contributed by atoms with Crippen molar-refractivity contribution in [3.05, 3.63) is 23.3 Å². The number of rotatable bonds is 1. The second-order valence-corrected chi connectivity index (χ2v) is 6.40. The molecule has 0 saturated carbocycles. The number of anilines is 1. The number of benzene rings is 1. The molecular weight excluding hydrogens is 300 g/mol. The Balaban J connectivity index is 1.81. The molecule has 8 heteroatoms. The van der Waals surface area contributed by atoms with E-state index in [2.05, 4.69) is 15.0 Å². The van der Waals surface area contributed by atoms with Gasteiger partial charge in [0, 0.05) is 30.7 Å². The molecule has 4 N–H and O–H groups in total. The van der Waals surface area contributed by atoms with Crippen molar-refractivity contribution in [2.45, 2.75) is 12.5 Å². The zero-order valence-corrected chi connectivity index (χ0v) is 12.5. The number of nitrogens with zero attached hydrogens (tertiary/aromatic N) is 4. The van der Waals surface area contributed by atoms with E-state index in [0.29, 0.717) is 18.1 Å². The summed E-state index contributed by atoms with van der Waals surface area (Å²) in [6.07, 6.45) is 2.52. The topological polar surface area (TPSA) is 111 Å². The molecule has 1 atom stereocenters. The maximum Gasteiger partial charge on any atom is 0.282 e. The molecule has 1 aromatic carbocycles. The van der Waals surface area contributed by atoms with Crippen LogP contribution in [0.4, 0.5) is 5.95 Å². The number of hydrogen-bond donors (Lipinski definition) is 2. The first-order chi connectivity index (χ1) is 10.6. The van der Waals surface area contributed by atoms with Crippen LogP contribution in [0.15, 0.2) is 18.3 Å². The number of nitrogens with two attached hydrogens (primary N) is 2. The molecule has 1 aliphatic heterocycles. The van der Waals surface area contributed by atoms with Crippen molar-refractivity contribution in [3.63, 3.8) is 0 Å². The molecule has 0 spiro atoms. The summed E-state index contributed by atoms with van der Waals surface area (Å²) in [6.45, 7) is 1.27. The average Bonchev–Trinajstić information content (AvgIpc) is 3.12. The third kappa shape index (κ3) is 2.08. The van der Waals surface area contributed by atoms with Gasteiger partial charge in [-0.3, -0.25) is 4.79 Å². The smallest absolute Gasteiger partial charge is 0.282 e. The van der Waals surface area contributed by atoms with Gasteiger partial charge in [-0.1, -0.05) is 0 Å². The molecule has 3 aromatic rings. The van der Waals surface area contributed by atoms with E-state index in [-0.39, 0.29) is 17.9 Å². The van der Waals surface area contributed by atoms with Crippen molar-refractivity contribution in [2.24, 2.45) is 5.73 Å². The van der Waals surface area contributed by atoms with Gasteiger partial charge in [0.25, 0.3) is 5.91 Å². The van der Waals surface area contributed by atoms with Gasteiger partial charge in [0.1, 0.15) is 0 Å². The summed E-state index contributed by atoms with van der Waals surface area (Å²) in [5.41, 5.74) is 13.0. The number of fused-ring (bicyclic) bond motifs is 3. The van der Waals surface area contributed by atoms with Gasteiger partial charge in [0.2, 0.25) is 5.95 Å². The van der Waals surface area contributed by atoms with E-state index in [9.17, 15) is 4.79 Å². The monoisotopic (exact) mass is 314 g/mol. The molecule has 7 nitrogen and oxygen atoms in total. The molecule has 2 aromatic heterocycles. The Morgan fingerprint density at radius 1 is 1.36 bits per heavy atom. The maximum atomic E-state index is 12.5. The van der Waals surface area contributed by atoms with Gasteiger partial charge >= 0.3 is 0 Å². The largest absolute Gasteiger partial charge is 0.368 e. The van der Waals surface area contributed by atoms with Crippen LogP contribution in [0.2, 0.25) is 0 Å². The summed E-state index contributed by atoms with van der Waals surface area (Å²) in [5, 5.41) is 1.35. The summed E-state index contributed by atoms with van der Waals surface area (Å²) >= 11 is 1.34. The highest BCUT2D eigenvalue weighted by atomic mass is 32.1. The number of hydrogen-bond acceptors (Lipinski definition) is 7. The molecule has 1 unspecified atom stereocenters. The predicted molar refractivity (Wildman–Crippen MR) is 85.6 cm³/mol. The minimum atomic E-state index is -0.0654. The van der Waals surface area contributed by atoms with Gasteiger partial charge in [-0.25, -0.2) is 15.0 Å². The summed E-state index contributed by atoms with van der Waals surface area (Å²) in [7, 11) is 0. The lowest BCUT2D eigenvalue weighted by Crippen LogP contribution is -2.31. The Bertz CT molecular complexity index is 892. The van der Waals surface area contributed by atoms with E-state index >= 15 is 0 Å². The first kappa shape index (κ1) is 13.4. The van der Waals surface area contributed by atoms with Gasteiger partial charge in [0.05, 0.1) is 15.7 Å². The van der Waals surface area contributed by atoms with Crippen LogP contribution in [0.25, 0.3) is 21.1 Å². The van der Waals surface area contributed by atoms with E-state index < -0.39 is 0 Å². The fourth-order valence-corrected chi connectivity index (χ4v) is 3.72. The number of thiazole rings is 1. The van der Waals surface area contributed by atoms with Crippen LogP contribution in [-0.2, 0) is 0 Å². The van der Waals surface area contributed by atoms with Crippen LogP contribution in [0.3, 0.4) is 0 Å². The molecule has 4 rings (SSSR count). The number of likely N-dealkylation sites (tertiary alicyclic amines) is 1. The molecular formula is C14H14N6OS. The molecule has 0 radical (unpaired) electrons. The summed E-state index contributed by atoms with van der Waals surface area (Å²) in [4.78, 5) is 27.0. The van der Waals surface area contributed by atoms with Crippen molar-refractivity contribution in [1.29, 1.82) is 0 Å². The van der Waals surface area contributed by atoms with Gasteiger partial charge in [0.15, 0.2) is 5.01 Å². The molecule has 1 aliphatic rings. The lowest BCUT2D eigenvalue weighted by atomic mass is 10.2. The van der Waals surface area contributed by atoms with Crippen molar-refractivity contribution in [1.82, 2.24) is 19.9 Å². The van der Waals surface area contributed by atoms with Crippen molar-refractivity contribution >= 4 is 44.3 Å². The highest BCUT2D eigenvalue weighted by molar-refractivity contribution is 7.21. The van der Waals surface area contributed by atoms with Crippen LogP contribution in [0.5, 0.6) is 0 Å². The van der Waals surface area contributed by atoms with Gasteiger partial charge in [-0.05, 0) is 18.6 Å². The van der Waals surface area contributed by atoms with Crippen LogP contribution in [0, 0.1) is 0 Å². The third-order valence-corrected chi connectivity index (χ3v) is 4.89. The Hall–Kier alpha value is -2.32. The highest BCUT2D eigenvalue weighted by Gasteiger charge is 2.27. The zero-order valence-electron chi connectivity index (χ0n) is 11.7. The Kier molecular flexibility index (Phi) is 2.95. The zero-order chi connectivity index (χ0) is 15.3. The lowest BCUT2D eigenvalue weighted by Gasteiger charge is -2.13. The predicted octanol–water partition coefficient (Wildman–Crippen LogP) is 0.995. The molecule has 112 valence electrons. The number of nitrogen functional groups attached to an aromatic ring is 1. The van der Waals surface area contributed by atoms with Crippen LogP contribution >= 0.6 is 11.3 Å². The second-order valence-electron chi connectivity index (χ2n) is 5.40. The number of carbonyl (C=O) groups is 1. The fraction of sp³-hybridized carbons (Fsp3) is 0.286. The Morgan fingerprint density at radius 2 is 2.23 bits per heavy atom. The normalized spacial score (nSPS) is 18.4. The average molecular weight is 314 g/mol. The maximum absolute atomic E-state index is 12.5. The number of carbonyl (C=O) groups excluding carboxylic acids is 1. The van der Waals surface area contributed by atoms with E-state index in [4.69, 9.17) is 11.5 Å². The van der Waals surface area contributed by atoms with E-state index in [0.717, 1.165) is 27.5 Å². The first-order valence-corrected chi connectivity index (χ1v) is 7.80. The van der Waals surface area contributed by atoms with Gasteiger partial charge in [-0.15, -0.1) is 11.3 Å². The van der Waals surface area contributed by atoms with Crippen molar-refractivity contribution in [3.8, 4) is 0 Å². The summed E-state index contributed by atoms with van der Waals surface area (Å²) < 4.78 is 0.860. The minimum absolute atomic E-state index is 0.0618. The van der Waals surface area contributed by atoms with E-state index in [1.165, 1.54) is 11.3 Å². The minimum Gasteiger partial charge on any atom is -0.368 e. The second kappa shape index (κ2) is 4.85. The molecule has 22 heavy (non-hydrogen) atoms. The molecule has 0 bridgehead atoms. The van der Waals surface area contributed by atoms with Crippen LogP contribution < -0.4 is 11.5 Å². The van der Waals surface area contributed by atoms with Crippen LogP contribution in [0.1, 0.15) is 16.2 Å². The molecule has 1 saturated heterocycles. The first-order valence-electron chi connectivity index (χ1n) is 6.98. The SMILES string of the molecule is Nc1ncc2ccc3nc(C(=O)N4CCC(N)C4)sc3c2n1. The van der Waals surface area contributed by atoms with Crippen molar-refractivity contribution in [2.75, 3.05) is 18.8 Å². The summed E-state index contributed by atoms with van der Waals surface area (Å²) in [6, 6.07) is 3.82. The Morgan fingerprint density at radius 3 is 3.00 bits per heavy atom. The molecule has 0 aliphatic carbocycles. The standard InChI is InChI=1S/C14H14N6OS/c15-8-3-4-20(6-8)13(21)12-18-9-2-1-7-5-17-14(16)19-10(7)11(9)22-12/h1-2,5,8H,3-4,6,15H2,(H2,16,17,19). The van der Waals surface area contributed by atoms with Gasteiger partial charge in [-0.2, -0.15) is 0 Å². The van der Waals surface area contributed by atoms with Gasteiger partial charge < -0.3 is 16.4 Å². The number of amides is 1. The molecule has 1 fully saturated rings. The highest BCUT2D eigenvalue weighted by Crippen LogP contribution is 2.30. The quantitative estimate of drug-likeness (QED) is 0.693.